The fourth-order valence-corrected chi connectivity index (χ4v) is 2.23. The standard InChI is InChI=1S/C15H25N3O2/c1-6-18(7-2)14(19)10-16-9-13-12(4)15(20-5)11(3)8-17-13/h8,16H,6-7,9-10H2,1-5H3. The largest absolute Gasteiger partial charge is 0.496 e. The molecule has 1 aromatic rings. The number of likely N-dealkylation sites (N-methyl/N-ethyl adjacent to an activating group) is 1. The SMILES string of the molecule is CCN(CC)C(=O)CNCc1ncc(C)c(OC)c1C. The van der Waals surface area contributed by atoms with E-state index < -0.39 is 0 Å². The van der Waals surface area contributed by atoms with Gasteiger partial charge in [0.15, 0.2) is 0 Å². The van der Waals surface area contributed by atoms with Crippen molar-refractivity contribution in [2.45, 2.75) is 34.2 Å². The Hall–Kier alpha value is -1.62. The van der Waals surface area contributed by atoms with Crippen LogP contribution in [0.5, 0.6) is 5.75 Å². The fourth-order valence-electron chi connectivity index (χ4n) is 2.23. The molecule has 20 heavy (non-hydrogen) atoms. The van der Waals surface area contributed by atoms with E-state index in [0.29, 0.717) is 13.1 Å². The summed E-state index contributed by atoms with van der Waals surface area (Å²) in [6.45, 7) is 10.3. The van der Waals surface area contributed by atoms with Gasteiger partial charge >= 0.3 is 0 Å². The monoisotopic (exact) mass is 279 g/mol. The molecule has 1 amide bonds. The Kier molecular flexibility index (Phi) is 6.45. The number of carbonyl (C=O) groups is 1. The molecule has 0 saturated carbocycles. The van der Waals surface area contributed by atoms with Gasteiger partial charge in [-0.3, -0.25) is 9.78 Å². The molecule has 1 aromatic heterocycles. The second-order valence-corrected chi connectivity index (χ2v) is 4.72. The molecule has 5 nitrogen and oxygen atoms in total. The van der Waals surface area contributed by atoms with Gasteiger partial charge in [-0.25, -0.2) is 0 Å². The maximum absolute atomic E-state index is 11.9. The third-order valence-corrected chi connectivity index (χ3v) is 3.43. The van der Waals surface area contributed by atoms with Crippen LogP contribution in [-0.2, 0) is 11.3 Å². The molecule has 5 heteroatoms. The molecule has 0 fully saturated rings. The van der Waals surface area contributed by atoms with E-state index in [4.69, 9.17) is 4.74 Å². The number of rotatable bonds is 7. The summed E-state index contributed by atoms with van der Waals surface area (Å²) in [6.07, 6.45) is 1.80. The normalized spacial score (nSPS) is 10.4. The smallest absolute Gasteiger partial charge is 0.236 e. The number of hydrogen-bond acceptors (Lipinski definition) is 4. The van der Waals surface area contributed by atoms with Crippen LogP contribution in [0.4, 0.5) is 0 Å². The van der Waals surface area contributed by atoms with Crippen molar-refractivity contribution < 1.29 is 9.53 Å². The first-order valence-corrected chi connectivity index (χ1v) is 7.02. The summed E-state index contributed by atoms with van der Waals surface area (Å²) in [6, 6.07) is 0. The lowest BCUT2D eigenvalue weighted by Gasteiger charge is -2.19. The zero-order valence-electron chi connectivity index (χ0n) is 13.1. The van der Waals surface area contributed by atoms with Gasteiger partial charge in [0, 0.05) is 37.0 Å². The Labute approximate surface area is 121 Å². The molecule has 0 radical (unpaired) electrons. The maximum atomic E-state index is 11.9. The Balaban J connectivity index is 2.61. The first-order valence-electron chi connectivity index (χ1n) is 7.02. The van der Waals surface area contributed by atoms with Crippen molar-refractivity contribution in [3.05, 3.63) is 23.0 Å². The van der Waals surface area contributed by atoms with Gasteiger partial charge in [-0.05, 0) is 27.7 Å². The molecule has 0 bridgehead atoms. The highest BCUT2D eigenvalue weighted by atomic mass is 16.5. The van der Waals surface area contributed by atoms with Crippen molar-refractivity contribution in [1.82, 2.24) is 15.2 Å². The van der Waals surface area contributed by atoms with E-state index >= 15 is 0 Å². The van der Waals surface area contributed by atoms with E-state index in [1.807, 2.05) is 32.6 Å². The van der Waals surface area contributed by atoms with Crippen LogP contribution in [0.25, 0.3) is 0 Å². The molecule has 1 rings (SSSR count). The molecule has 1 N–H and O–H groups in total. The van der Waals surface area contributed by atoms with E-state index in [2.05, 4.69) is 10.3 Å². The van der Waals surface area contributed by atoms with Gasteiger partial charge in [-0.1, -0.05) is 0 Å². The second-order valence-electron chi connectivity index (χ2n) is 4.72. The third kappa shape index (κ3) is 3.93. The topological polar surface area (TPSA) is 54.5 Å². The lowest BCUT2D eigenvalue weighted by molar-refractivity contribution is -0.129. The van der Waals surface area contributed by atoms with Crippen LogP contribution >= 0.6 is 0 Å². The van der Waals surface area contributed by atoms with Crippen LogP contribution in [0.1, 0.15) is 30.7 Å². The van der Waals surface area contributed by atoms with E-state index in [1.54, 1.807) is 13.3 Å². The molecule has 1 heterocycles. The minimum atomic E-state index is 0.117. The average Bonchev–Trinajstić information content (AvgIpc) is 2.43. The summed E-state index contributed by atoms with van der Waals surface area (Å²) >= 11 is 0. The predicted molar refractivity (Wildman–Crippen MR) is 79.9 cm³/mol. The van der Waals surface area contributed by atoms with E-state index in [-0.39, 0.29) is 5.91 Å². The predicted octanol–water partition coefficient (Wildman–Crippen LogP) is 1.67. The summed E-state index contributed by atoms with van der Waals surface area (Å²) in [5, 5.41) is 3.15. The molecule has 0 aliphatic carbocycles. The van der Waals surface area contributed by atoms with Crippen molar-refractivity contribution in [1.29, 1.82) is 0 Å². The van der Waals surface area contributed by atoms with Crippen molar-refractivity contribution >= 4 is 5.91 Å². The van der Waals surface area contributed by atoms with Gasteiger partial charge < -0.3 is 15.0 Å². The zero-order valence-corrected chi connectivity index (χ0v) is 13.1. The van der Waals surface area contributed by atoms with Crippen LogP contribution in [0.15, 0.2) is 6.20 Å². The average molecular weight is 279 g/mol. The first-order chi connectivity index (χ1) is 9.54. The molecule has 0 aliphatic rings. The van der Waals surface area contributed by atoms with Crippen molar-refractivity contribution in [3.63, 3.8) is 0 Å². The number of nitrogens with zero attached hydrogens (tertiary/aromatic N) is 2. The van der Waals surface area contributed by atoms with Gasteiger partial charge in [0.25, 0.3) is 0 Å². The number of nitrogens with one attached hydrogen (secondary N) is 1. The van der Waals surface area contributed by atoms with Crippen LogP contribution in [0.2, 0.25) is 0 Å². The molecule has 0 saturated heterocycles. The number of ether oxygens (including phenoxy) is 1. The Morgan fingerprint density at radius 2 is 2.00 bits per heavy atom. The van der Waals surface area contributed by atoms with Gasteiger partial charge in [0.1, 0.15) is 5.75 Å². The van der Waals surface area contributed by atoms with Crippen molar-refractivity contribution in [2.24, 2.45) is 0 Å². The summed E-state index contributed by atoms with van der Waals surface area (Å²) in [4.78, 5) is 18.1. The summed E-state index contributed by atoms with van der Waals surface area (Å²) in [5.41, 5.74) is 2.96. The molecule has 0 atom stereocenters. The first kappa shape index (κ1) is 16.4. The van der Waals surface area contributed by atoms with Gasteiger partial charge in [0.05, 0.1) is 19.3 Å². The Morgan fingerprint density at radius 1 is 1.35 bits per heavy atom. The highest BCUT2D eigenvalue weighted by Gasteiger charge is 2.11. The van der Waals surface area contributed by atoms with Gasteiger partial charge in [-0.15, -0.1) is 0 Å². The number of carbonyl (C=O) groups excluding carboxylic acids is 1. The summed E-state index contributed by atoms with van der Waals surface area (Å²) in [5.74, 6) is 0.985. The van der Waals surface area contributed by atoms with Crippen LogP contribution in [0, 0.1) is 13.8 Å². The molecular weight excluding hydrogens is 254 g/mol. The molecule has 0 aromatic carbocycles. The number of methoxy groups -OCH3 is 1. The van der Waals surface area contributed by atoms with Crippen molar-refractivity contribution in [3.8, 4) is 5.75 Å². The second kappa shape index (κ2) is 7.85. The number of pyridine rings is 1. The molecule has 0 aliphatic heterocycles. The van der Waals surface area contributed by atoms with E-state index in [0.717, 1.165) is 35.7 Å². The molecule has 0 spiro atoms. The summed E-state index contributed by atoms with van der Waals surface area (Å²) < 4.78 is 5.37. The Bertz CT molecular complexity index is 457. The maximum Gasteiger partial charge on any atom is 0.236 e. The number of aromatic nitrogens is 1. The third-order valence-electron chi connectivity index (χ3n) is 3.43. The Morgan fingerprint density at radius 3 is 2.55 bits per heavy atom. The lowest BCUT2D eigenvalue weighted by atomic mass is 10.1. The number of amides is 1. The zero-order chi connectivity index (χ0) is 15.1. The molecule has 112 valence electrons. The van der Waals surface area contributed by atoms with Crippen molar-refractivity contribution in [2.75, 3.05) is 26.7 Å². The van der Waals surface area contributed by atoms with Crippen LogP contribution in [0.3, 0.4) is 0 Å². The van der Waals surface area contributed by atoms with E-state index in [1.165, 1.54) is 0 Å². The minimum Gasteiger partial charge on any atom is -0.496 e. The number of hydrogen-bond donors (Lipinski definition) is 1. The fraction of sp³-hybridized carbons (Fsp3) is 0.600. The van der Waals surface area contributed by atoms with Crippen LogP contribution in [-0.4, -0.2) is 42.5 Å². The minimum absolute atomic E-state index is 0.117. The summed E-state index contributed by atoms with van der Waals surface area (Å²) in [7, 11) is 1.66. The highest BCUT2D eigenvalue weighted by Crippen LogP contribution is 2.23. The van der Waals surface area contributed by atoms with Gasteiger partial charge in [-0.2, -0.15) is 0 Å². The van der Waals surface area contributed by atoms with Gasteiger partial charge in [0.2, 0.25) is 5.91 Å². The van der Waals surface area contributed by atoms with Crippen LogP contribution < -0.4 is 10.1 Å². The lowest BCUT2D eigenvalue weighted by Crippen LogP contribution is -2.37. The molecule has 0 unspecified atom stereocenters. The molecular formula is C15H25N3O2. The number of aryl methyl sites for hydroxylation is 1. The quantitative estimate of drug-likeness (QED) is 0.825. The highest BCUT2D eigenvalue weighted by molar-refractivity contribution is 5.78. The van der Waals surface area contributed by atoms with E-state index in [9.17, 15) is 4.79 Å².